The maximum absolute atomic E-state index is 12.9. The van der Waals surface area contributed by atoms with Crippen LogP contribution in [0.3, 0.4) is 0 Å². The van der Waals surface area contributed by atoms with Crippen molar-refractivity contribution in [2.45, 2.75) is 25.5 Å². The molecule has 7 N–H and O–H groups in total. The Bertz CT molecular complexity index is 1180. The summed E-state index contributed by atoms with van der Waals surface area (Å²) in [5.41, 5.74) is 7.95. The van der Waals surface area contributed by atoms with Crippen LogP contribution in [0.1, 0.15) is 23.1 Å². The molecule has 36 heavy (non-hydrogen) atoms. The van der Waals surface area contributed by atoms with Gasteiger partial charge in [-0.3, -0.25) is 24.6 Å². The Morgan fingerprint density at radius 3 is 2.44 bits per heavy atom. The van der Waals surface area contributed by atoms with E-state index in [0.717, 1.165) is 5.56 Å². The molecule has 1 unspecified atom stereocenters. The predicted octanol–water partition coefficient (Wildman–Crippen LogP) is -0.345. The van der Waals surface area contributed by atoms with Gasteiger partial charge in [0.1, 0.15) is 18.5 Å². The second-order valence-corrected chi connectivity index (χ2v) is 8.24. The van der Waals surface area contributed by atoms with Gasteiger partial charge < -0.3 is 36.2 Å². The fourth-order valence-corrected chi connectivity index (χ4v) is 3.80. The molecule has 0 radical (unpaired) electrons. The number of aliphatic carboxylic acids is 1. The molecule has 0 aliphatic carbocycles. The number of hydrogen-bond acceptors (Lipinski definition) is 7. The highest BCUT2D eigenvalue weighted by molar-refractivity contribution is 6.01. The number of anilines is 2. The van der Waals surface area contributed by atoms with Crippen molar-refractivity contribution in [3.63, 3.8) is 0 Å². The fourth-order valence-electron chi connectivity index (χ4n) is 3.80. The van der Waals surface area contributed by atoms with Crippen LogP contribution in [0.25, 0.3) is 0 Å². The number of rotatable bonds is 10. The minimum absolute atomic E-state index is 0.0366. The van der Waals surface area contributed by atoms with Crippen LogP contribution in [0.2, 0.25) is 0 Å². The highest BCUT2D eigenvalue weighted by atomic mass is 16.4. The van der Waals surface area contributed by atoms with Crippen LogP contribution in [0.15, 0.2) is 42.5 Å². The predicted molar refractivity (Wildman–Crippen MR) is 129 cm³/mol. The molecule has 1 atom stereocenters. The van der Waals surface area contributed by atoms with Crippen molar-refractivity contribution in [3.05, 3.63) is 59.2 Å². The number of benzene rings is 2. The molecule has 2 aromatic carbocycles. The SMILES string of the molecule is N=C(N)c1ccc(NC(=O)C(O)CC(=O)N(CCO)c2ccc3c(c2)CC(=O)N(CC(=O)O)C3)cc1. The summed E-state index contributed by atoms with van der Waals surface area (Å²) >= 11 is 0. The lowest BCUT2D eigenvalue weighted by Gasteiger charge is -2.29. The Labute approximate surface area is 206 Å². The smallest absolute Gasteiger partial charge is 0.323 e. The first-order chi connectivity index (χ1) is 17.1. The summed E-state index contributed by atoms with van der Waals surface area (Å²) in [5, 5.41) is 38.6. The van der Waals surface area contributed by atoms with Gasteiger partial charge in [0.2, 0.25) is 11.8 Å². The molecule has 3 rings (SSSR count). The van der Waals surface area contributed by atoms with E-state index in [1.165, 1.54) is 34.1 Å². The van der Waals surface area contributed by atoms with E-state index in [1.807, 2.05) is 0 Å². The van der Waals surface area contributed by atoms with E-state index in [9.17, 15) is 29.4 Å². The quantitative estimate of drug-likeness (QED) is 0.189. The van der Waals surface area contributed by atoms with Crippen molar-refractivity contribution in [3.8, 4) is 0 Å². The van der Waals surface area contributed by atoms with Gasteiger partial charge in [-0.1, -0.05) is 6.07 Å². The van der Waals surface area contributed by atoms with Crippen molar-refractivity contribution in [1.29, 1.82) is 5.41 Å². The summed E-state index contributed by atoms with van der Waals surface area (Å²) in [4.78, 5) is 51.0. The molecule has 0 fully saturated rings. The first-order valence-electron chi connectivity index (χ1n) is 11.0. The van der Waals surface area contributed by atoms with Gasteiger partial charge in [0.05, 0.1) is 19.4 Å². The largest absolute Gasteiger partial charge is 0.480 e. The Kier molecular flexibility index (Phi) is 8.35. The number of nitrogens with two attached hydrogens (primary N) is 1. The Morgan fingerprint density at radius 1 is 1.14 bits per heavy atom. The van der Waals surface area contributed by atoms with Crippen molar-refractivity contribution in [2.24, 2.45) is 5.73 Å². The van der Waals surface area contributed by atoms with Gasteiger partial charge in [0.15, 0.2) is 0 Å². The summed E-state index contributed by atoms with van der Waals surface area (Å²) < 4.78 is 0. The lowest BCUT2D eigenvalue weighted by atomic mass is 9.98. The number of carbonyl (C=O) groups is 4. The molecular formula is C24H27N5O7. The van der Waals surface area contributed by atoms with Crippen LogP contribution >= 0.6 is 0 Å². The number of amides is 3. The van der Waals surface area contributed by atoms with E-state index in [-0.39, 0.29) is 37.9 Å². The number of amidine groups is 1. The lowest BCUT2D eigenvalue weighted by Crippen LogP contribution is -2.40. The number of nitrogens with one attached hydrogen (secondary N) is 2. The molecular weight excluding hydrogens is 470 g/mol. The first kappa shape index (κ1) is 26.3. The van der Waals surface area contributed by atoms with E-state index < -0.39 is 36.9 Å². The lowest BCUT2D eigenvalue weighted by molar-refractivity contribution is -0.145. The zero-order valence-electron chi connectivity index (χ0n) is 19.3. The zero-order valence-corrected chi connectivity index (χ0v) is 19.3. The maximum atomic E-state index is 12.9. The third kappa shape index (κ3) is 6.43. The third-order valence-corrected chi connectivity index (χ3v) is 5.64. The van der Waals surface area contributed by atoms with Gasteiger partial charge in [0, 0.05) is 30.0 Å². The molecule has 1 aliphatic heterocycles. The van der Waals surface area contributed by atoms with Crippen LogP contribution in [-0.4, -0.2) is 75.5 Å². The molecule has 2 aromatic rings. The molecule has 12 nitrogen and oxygen atoms in total. The van der Waals surface area contributed by atoms with Crippen molar-refractivity contribution in [1.82, 2.24) is 4.90 Å². The monoisotopic (exact) mass is 497 g/mol. The maximum Gasteiger partial charge on any atom is 0.323 e. The number of nitrogens with zero attached hydrogens (tertiary/aromatic N) is 2. The molecule has 12 heteroatoms. The molecule has 190 valence electrons. The van der Waals surface area contributed by atoms with E-state index in [1.54, 1.807) is 18.2 Å². The number of carbonyl (C=O) groups excluding carboxylic acids is 3. The summed E-state index contributed by atoms with van der Waals surface area (Å²) in [7, 11) is 0. The fraction of sp³-hybridized carbons (Fsp3) is 0.292. The van der Waals surface area contributed by atoms with Gasteiger partial charge in [0.25, 0.3) is 5.91 Å². The van der Waals surface area contributed by atoms with Crippen LogP contribution in [-0.2, 0) is 32.1 Å². The molecule has 0 aromatic heterocycles. The molecule has 0 spiro atoms. The van der Waals surface area contributed by atoms with Crippen LogP contribution in [0.5, 0.6) is 0 Å². The average Bonchev–Trinajstić information content (AvgIpc) is 2.82. The Hall–Kier alpha value is -4.29. The number of aliphatic hydroxyl groups excluding tert-OH is 2. The second kappa shape index (κ2) is 11.4. The van der Waals surface area contributed by atoms with Crippen LogP contribution in [0, 0.1) is 5.41 Å². The van der Waals surface area contributed by atoms with Gasteiger partial charge in [-0.05, 0) is 47.5 Å². The summed E-state index contributed by atoms with van der Waals surface area (Å²) in [6, 6.07) is 11.0. The average molecular weight is 498 g/mol. The number of hydrogen-bond donors (Lipinski definition) is 6. The van der Waals surface area contributed by atoms with Gasteiger partial charge in [-0.15, -0.1) is 0 Å². The van der Waals surface area contributed by atoms with Crippen LogP contribution in [0.4, 0.5) is 11.4 Å². The van der Waals surface area contributed by atoms with Crippen molar-refractivity contribution < 1.29 is 34.5 Å². The topological polar surface area (TPSA) is 197 Å². The van der Waals surface area contributed by atoms with Gasteiger partial charge in [-0.25, -0.2) is 0 Å². The number of fused-ring (bicyclic) bond motifs is 1. The highest BCUT2D eigenvalue weighted by Crippen LogP contribution is 2.26. The van der Waals surface area contributed by atoms with Crippen molar-refractivity contribution in [2.75, 3.05) is 29.9 Å². The molecule has 0 bridgehead atoms. The number of aliphatic hydroxyl groups is 2. The standard InChI is InChI=1S/C24H27N5O7/c25-23(26)14-1-4-17(5-2-14)27-24(36)19(31)11-21(33)29(7-8-30)18-6-3-15-12-28(13-22(34)35)20(32)10-16(15)9-18/h1-6,9,19,30-31H,7-8,10-13H2,(H3,25,26)(H,27,36)(H,34,35). The van der Waals surface area contributed by atoms with Crippen molar-refractivity contribution >= 4 is 40.9 Å². The van der Waals surface area contributed by atoms with E-state index in [4.69, 9.17) is 16.2 Å². The van der Waals surface area contributed by atoms with Crippen LogP contribution < -0.4 is 16.0 Å². The van der Waals surface area contributed by atoms with E-state index in [0.29, 0.717) is 22.5 Å². The summed E-state index contributed by atoms with van der Waals surface area (Å²) in [5.74, 6) is -3.03. The van der Waals surface area contributed by atoms with E-state index in [2.05, 4.69) is 5.32 Å². The van der Waals surface area contributed by atoms with E-state index >= 15 is 0 Å². The Morgan fingerprint density at radius 2 is 1.83 bits per heavy atom. The number of carboxylic acid groups (broad SMARTS) is 1. The first-order valence-corrected chi connectivity index (χ1v) is 11.0. The second-order valence-electron chi connectivity index (χ2n) is 8.24. The minimum atomic E-state index is -1.67. The molecule has 1 heterocycles. The zero-order chi connectivity index (χ0) is 26.4. The molecule has 1 aliphatic rings. The third-order valence-electron chi connectivity index (χ3n) is 5.64. The van der Waals surface area contributed by atoms with Gasteiger partial charge >= 0.3 is 5.97 Å². The van der Waals surface area contributed by atoms with Gasteiger partial charge in [-0.2, -0.15) is 0 Å². The molecule has 0 saturated heterocycles. The summed E-state index contributed by atoms with van der Waals surface area (Å²) in [6.45, 7) is -0.757. The molecule has 3 amide bonds. The number of carboxylic acids is 1. The highest BCUT2D eigenvalue weighted by Gasteiger charge is 2.27. The number of nitrogen functional groups attached to an aromatic ring is 1. The normalized spacial score (nSPS) is 13.5. The summed E-state index contributed by atoms with van der Waals surface area (Å²) in [6.07, 6.45) is -2.26. The molecule has 0 saturated carbocycles. The minimum Gasteiger partial charge on any atom is -0.480 e. The Balaban J connectivity index is 1.68.